The van der Waals surface area contributed by atoms with E-state index in [0.717, 1.165) is 18.0 Å². The lowest BCUT2D eigenvalue weighted by molar-refractivity contribution is 0.414. The fourth-order valence-corrected chi connectivity index (χ4v) is 2.99. The Hall–Kier alpha value is -1.73. The lowest BCUT2D eigenvalue weighted by Crippen LogP contribution is -2.23. The summed E-state index contributed by atoms with van der Waals surface area (Å²) < 4.78 is 6.69. The Kier molecular flexibility index (Phi) is 5.46. The van der Waals surface area contributed by atoms with Crippen molar-refractivity contribution < 1.29 is 4.74 Å². The van der Waals surface area contributed by atoms with Gasteiger partial charge in [-0.1, -0.05) is 30.8 Å². The summed E-state index contributed by atoms with van der Waals surface area (Å²) in [4.78, 5) is 11.4. The van der Waals surface area contributed by atoms with Crippen molar-refractivity contribution >= 4 is 11.8 Å². The lowest BCUT2D eigenvalue weighted by Gasteiger charge is -2.18. The lowest BCUT2D eigenvalue weighted by atomic mass is 10.1. The third kappa shape index (κ3) is 3.89. The van der Waals surface area contributed by atoms with Crippen LogP contribution in [0.25, 0.3) is 0 Å². The second-order valence-corrected chi connectivity index (χ2v) is 5.55. The molecule has 0 saturated carbocycles. The number of nitrogens with one attached hydrogen (secondary N) is 2. The molecule has 114 valence electrons. The summed E-state index contributed by atoms with van der Waals surface area (Å²) in [6, 6.07) is 8.20. The highest BCUT2D eigenvalue weighted by Gasteiger charge is 2.13. The van der Waals surface area contributed by atoms with Crippen LogP contribution >= 0.6 is 11.8 Å². The predicted molar refractivity (Wildman–Crippen MR) is 84.0 cm³/mol. The molecule has 2 aromatic rings. The van der Waals surface area contributed by atoms with Crippen molar-refractivity contribution in [2.45, 2.75) is 18.1 Å². The first-order valence-electron chi connectivity index (χ1n) is 6.77. The van der Waals surface area contributed by atoms with E-state index in [1.165, 1.54) is 10.1 Å². The van der Waals surface area contributed by atoms with Gasteiger partial charge >= 0.3 is 5.69 Å². The van der Waals surface area contributed by atoms with Gasteiger partial charge in [0.15, 0.2) is 5.16 Å². The van der Waals surface area contributed by atoms with Crippen molar-refractivity contribution in [2.24, 2.45) is 7.05 Å². The fraction of sp³-hybridized carbons (Fsp3) is 0.429. The van der Waals surface area contributed by atoms with E-state index < -0.39 is 0 Å². The first-order valence-corrected chi connectivity index (χ1v) is 7.75. The van der Waals surface area contributed by atoms with Crippen LogP contribution in [0.1, 0.15) is 18.5 Å². The molecule has 1 aromatic heterocycles. The van der Waals surface area contributed by atoms with E-state index in [0.29, 0.717) is 5.16 Å². The van der Waals surface area contributed by atoms with Gasteiger partial charge in [0, 0.05) is 18.8 Å². The van der Waals surface area contributed by atoms with Crippen LogP contribution in [0.2, 0.25) is 0 Å². The quantitative estimate of drug-likeness (QED) is 0.760. The molecule has 0 amide bonds. The Morgan fingerprint density at radius 3 is 2.67 bits per heavy atom. The van der Waals surface area contributed by atoms with Crippen LogP contribution in [0.5, 0.6) is 5.75 Å². The van der Waals surface area contributed by atoms with E-state index in [1.54, 1.807) is 25.9 Å². The van der Waals surface area contributed by atoms with Crippen LogP contribution in [-0.4, -0.2) is 34.2 Å². The number of rotatable bonds is 7. The molecule has 0 spiro atoms. The number of H-pyrrole nitrogens is 1. The number of ether oxygens (including phenoxy) is 1. The molecule has 1 aromatic carbocycles. The Bertz CT molecular complexity index is 621. The van der Waals surface area contributed by atoms with E-state index >= 15 is 0 Å². The summed E-state index contributed by atoms with van der Waals surface area (Å²) in [5.41, 5.74) is 0.993. The molecule has 2 N–H and O–H groups in total. The Labute approximate surface area is 127 Å². The molecule has 1 unspecified atom stereocenters. The molecule has 0 saturated heterocycles. The van der Waals surface area contributed by atoms with Gasteiger partial charge in [0.2, 0.25) is 0 Å². The maximum absolute atomic E-state index is 11.4. The molecule has 2 rings (SSSR count). The number of hydrogen-bond donors (Lipinski definition) is 2. The van der Waals surface area contributed by atoms with Gasteiger partial charge in [0.05, 0.1) is 7.11 Å². The maximum Gasteiger partial charge on any atom is 0.343 e. The van der Waals surface area contributed by atoms with Crippen molar-refractivity contribution in [3.05, 3.63) is 40.3 Å². The van der Waals surface area contributed by atoms with Crippen LogP contribution in [0.15, 0.2) is 34.2 Å². The van der Waals surface area contributed by atoms with Gasteiger partial charge in [0.1, 0.15) is 5.75 Å². The number of nitrogens with zero attached hydrogens (tertiary/aromatic N) is 2. The van der Waals surface area contributed by atoms with E-state index in [1.807, 2.05) is 12.1 Å². The Morgan fingerprint density at radius 2 is 2.14 bits per heavy atom. The standard InChI is InChI=1S/C14H20N4O2S/c1-4-15-12(10-5-7-11(20-3)8-6-10)9-21-14-17-16-13(19)18(14)2/h5-8,12,15H,4,9H2,1-3H3,(H,16,19). The first kappa shape index (κ1) is 15.7. The molecule has 0 aliphatic heterocycles. The molecular weight excluding hydrogens is 288 g/mol. The van der Waals surface area contributed by atoms with Crippen LogP contribution in [-0.2, 0) is 7.05 Å². The van der Waals surface area contributed by atoms with E-state index in [-0.39, 0.29) is 11.7 Å². The summed E-state index contributed by atoms with van der Waals surface area (Å²) in [5, 5.41) is 10.6. The summed E-state index contributed by atoms with van der Waals surface area (Å²) in [5.74, 6) is 1.63. The van der Waals surface area contributed by atoms with Crippen LogP contribution in [0.3, 0.4) is 0 Å². The highest BCUT2D eigenvalue weighted by atomic mass is 32.2. The zero-order valence-corrected chi connectivity index (χ0v) is 13.2. The summed E-state index contributed by atoms with van der Waals surface area (Å²) in [6.45, 7) is 2.95. The SMILES string of the molecule is CCNC(CSc1n[nH]c(=O)n1C)c1ccc(OC)cc1. The molecule has 0 fully saturated rings. The number of benzene rings is 1. The van der Waals surface area contributed by atoms with Crippen LogP contribution in [0, 0.1) is 0 Å². The number of aromatic nitrogens is 3. The maximum atomic E-state index is 11.4. The molecule has 0 aliphatic carbocycles. The Morgan fingerprint density at radius 1 is 1.43 bits per heavy atom. The van der Waals surface area contributed by atoms with Crippen molar-refractivity contribution in [1.29, 1.82) is 0 Å². The summed E-state index contributed by atoms with van der Waals surface area (Å²) in [6.07, 6.45) is 0. The van der Waals surface area contributed by atoms with Crippen LogP contribution < -0.4 is 15.7 Å². The summed E-state index contributed by atoms with van der Waals surface area (Å²) in [7, 11) is 3.37. The monoisotopic (exact) mass is 308 g/mol. The van der Waals surface area contributed by atoms with E-state index in [9.17, 15) is 4.79 Å². The van der Waals surface area contributed by atoms with Crippen molar-refractivity contribution in [3.63, 3.8) is 0 Å². The molecule has 7 heteroatoms. The second-order valence-electron chi connectivity index (χ2n) is 4.56. The number of hydrogen-bond acceptors (Lipinski definition) is 5. The van der Waals surface area contributed by atoms with E-state index in [2.05, 4.69) is 34.6 Å². The average Bonchev–Trinajstić information content (AvgIpc) is 2.83. The third-order valence-electron chi connectivity index (χ3n) is 3.19. The molecular formula is C14H20N4O2S. The molecule has 6 nitrogen and oxygen atoms in total. The van der Waals surface area contributed by atoms with Gasteiger partial charge in [-0.25, -0.2) is 9.89 Å². The minimum absolute atomic E-state index is 0.192. The molecule has 0 bridgehead atoms. The molecule has 1 heterocycles. The smallest absolute Gasteiger partial charge is 0.343 e. The number of thioether (sulfide) groups is 1. The molecule has 21 heavy (non-hydrogen) atoms. The normalized spacial score (nSPS) is 12.3. The van der Waals surface area contributed by atoms with Crippen molar-refractivity contribution in [2.75, 3.05) is 19.4 Å². The average molecular weight is 308 g/mol. The van der Waals surface area contributed by atoms with Gasteiger partial charge < -0.3 is 10.1 Å². The summed E-state index contributed by atoms with van der Waals surface area (Å²) >= 11 is 1.55. The minimum Gasteiger partial charge on any atom is -0.497 e. The van der Waals surface area contributed by atoms with Gasteiger partial charge in [-0.2, -0.15) is 0 Å². The van der Waals surface area contributed by atoms with Gasteiger partial charge in [-0.3, -0.25) is 4.57 Å². The number of methoxy groups -OCH3 is 1. The zero-order valence-electron chi connectivity index (χ0n) is 12.4. The van der Waals surface area contributed by atoms with Gasteiger partial charge in [-0.15, -0.1) is 5.10 Å². The first-order chi connectivity index (χ1) is 10.2. The van der Waals surface area contributed by atoms with Gasteiger partial charge in [0.25, 0.3) is 0 Å². The van der Waals surface area contributed by atoms with Crippen LogP contribution in [0.4, 0.5) is 0 Å². The molecule has 0 radical (unpaired) electrons. The predicted octanol–water partition coefficient (Wildman–Crippen LogP) is 1.56. The molecule has 1 atom stereocenters. The third-order valence-corrected chi connectivity index (χ3v) is 4.31. The topological polar surface area (TPSA) is 71.9 Å². The Balaban J connectivity index is 2.07. The molecule has 0 aliphatic rings. The highest BCUT2D eigenvalue weighted by Crippen LogP contribution is 2.24. The largest absolute Gasteiger partial charge is 0.497 e. The number of aromatic amines is 1. The second kappa shape index (κ2) is 7.33. The minimum atomic E-state index is -0.193. The van der Waals surface area contributed by atoms with Crippen molar-refractivity contribution in [3.8, 4) is 5.75 Å². The van der Waals surface area contributed by atoms with Gasteiger partial charge in [-0.05, 0) is 24.2 Å². The zero-order chi connectivity index (χ0) is 15.2. The van der Waals surface area contributed by atoms with Crippen molar-refractivity contribution in [1.82, 2.24) is 20.1 Å². The highest BCUT2D eigenvalue weighted by molar-refractivity contribution is 7.99. The fourth-order valence-electron chi connectivity index (χ4n) is 1.98. The van der Waals surface area contributed by atoms with E-state index in [4.69, 9.17) is 4.74 Å².